The van der Waals surface area contributed by atoms with Crippen molar-refractivity contribution in [2.45, 2.75) is 20.3 Å². The lowest BCUT2D eigenvalue weighted by atomic mass is 10.2. The average molecular weight is 380 g/mol. The Hall–Kier alpha value is -2.73. The predicted molar refractivity (Wildman–Crippen MR) is 113 cm³/mol. The van der Waals surface area contributed by atoms with Gasteiger partial charge in [-0.05, 0) is 25.5 Å². The highest BCUT2D eigenvalue weighted by atomic mass is 16.2. The molecule has 0 spiro atoms. The zero-order chi connectivity index (χ0) is 19.8. The van der Waals surface area contributed by atoms with Crippen LogP contribution < -0.4 is 5.32 Å². The molecule has 1 amide bonds. The zero-order valence-electron chi connectivity index (χ0n) is 16.8. The summed E-state index contributed by atoms with van der Waals surface area (Å²) in [7, 11) is 0. The lowest BCUT2D eigenvalue weighted by Crippen LogP contribution is -2.48. The standard InChI is InChI=1S/C22H29N5O/c1-18-17-19(2)25-22(24-18)23-11-10-21(28)27-15-13-26(14-16-27)12-6-9-20-7-4-3-5-8-20/h3-9,17H,10-16H2,1-2H3,(H,23,24,25). The summed E-state index contributed by atoms with van der Waals surface area (Å²) in [5.41, 5.74) is 3.08. The van der Waals surface area contributed by atoms with Crippen molar-refractivity contribution < 1.29 is 4.79 Å². The molecule has 0 atom stereocenters. The van der Waals surface area contributed by atoms with E-state index in [1.165, 1.54) is 5.56 Å². The number of nitrogens with one attached hydrogen (secondary N) is 1. The smallest absolute Gasteiger partial charge is 0.224 e. The highest BCUT2D eigenvalue weighted by molar-refractivity contribution is 5.76. The molecule has 3 rings (SSSR count). The topological polar surface area (TPSA) is 61.4 Å². The zero-order valence-corrected chi connectivity index (χ0v) is 16.8. The monoisotopic (exact) mass is 379 g/mol. The van der Waals surface area contributed by atoms with Crippen LogP contribution in [0.15, 0.2) is 42.5 Å². The fraction of sp³-hybridized carbons (Fsp3) is 0.409. The minimum absolute atomic E-state index is 0.191. The maximum atomic E-state index is 12.4. The third-order valence-electron chi connectivity index (χ3n) is 4.80. The molecule has 6 heteroatoms. The first-order valence-corrected chi connectivity index (χ1v) is 9.88. The maximum Gasteiger partial charge on any atom is 0.224 e. The molecule has 1 aliphatic rings. The summed E-state index contributed by atoms with van der Waals surface area (Å²) in [6, 6.07) is 12.3. The Labute approximate surface area is 167 Å². The number of aromatic nitrogens is 2. The highest BCUT2D eigenvalue weighted by Gasteiger charge is 2.20. The molecule has 1 aromatic heterocycles. The number of anilines is 1. The Kier molecular flexibility index (Phi) is 7.14. The largest absolute Gasteiger partial charge is 0.354 e. The molecular formula is C22H29N5O. The molecule has 0 radical (unpaired) electrons. The van der Waals surface area contributed by atoms with E-state index in [0.29, 0.717) is 18.9 Å². The SMILES string of the molecule is Cc1cc(C)nc(NCCC(=O)N2CCN(CC=Cc3ccccc3)CC2)n1. The van der Waals surface area contributed by atoms with Gasteiger partial charge in [0, 0.05) is 57.1 Å². The van der Waals surface area contributed by atoms with Crippen LogP contribution >= 0.6 is 0 Å². The normalized spacial score (nSPS) is 15.1. The molecule has 1 fully saturated rings. The molecule has 0 unspecified atom stereocenters. The first kappa shape index (κ1) is 20.0. The number of piperazine rings is 1. The fourth-order valence-corrected chi connectivity index (χ4v) is 3.33. The molecule has 1 saturated heterocycles. The molecule has 1 aromatic carbocycles. The Morgan fingerprint density at radius 3 is 2.43 bits per heavy atom. The number of carbonyl (C=O) groups is 1. The van der Waals surface area contributed by atoms with Gasteiger partial charge in [0.05, 0.1) is 0 Å². The van der Waals surface area contributed by atoms with Gasteiger partial charge in [0.15, 0.2) is 0 Å². The van der Waals surface area contributed by atoms with E-state index in [4.69, 9.17) is 0 Å². The quantitative estimate of drug-likeness (QED) is 0.802. The van der Waals surface area contributed by atoms with Crippen LogP contribution in [0, 0.1) is 13.8 Å². The predicted octanol–water partition coefficient (Wildman–Crippen LogP) is 2.75. The Bertz CT molecular complexity index is 778. The van der Waals surface area contributed by atoms with Gasteiger partial charge in [-0.3, -0.25) is 9.69 Å². The van der Waals surface area contributed by atoms with Gasteiger partial charge in [0.1, 0.15) is 0 Å². The number of benzene rings is 1. The van der Waals surface area contributed by atoms with Crippen LogP contribution in [0.5, 0.6) is 0 Å². The molecule has 148 valence electrons. The molecule has 0 bridgehead atoms. The van der Waals surface area contributed by atoms with Crippen LogP contribution in [-0.4, -0.2) is 64.9 Å². The van der Waals surface area contributed by atoms with Crippen LogP contribution in [0.3, 0.4) is 0 Å². The van der Waals surface area contributed by atoms with Gasteiger partial charge in [0.2, 0.25) is 11.9 Å². The van der Waals surface area contributed by atoms with Gasteiger partial charge < -0.3 is 10.2 Å². The average Bonchev–Trinajstić information content (AvgIpc) is 2.68. The van der Waals surface area contributed by atoms with Gasteiger partial charge in [0.25, 0.3) is 0 Å². The lowest BCUT2D eigenvalue weighted by Gasteiger charge is -2.34. The minimum atomic E-state index is 0.191. The third-order valence-corrected chi connectivity index (χ3v) is 4.80. The molecule has 1 aliphatic heterocycles. The van der Waals surface area contributed by atoms with E-state index in [9.17, 15) is 4.79 Å². The summed E-state index contributed by atoms with van der Waals surface area (Å²) in [5, 5.41) is 3.16. The Morgan fingerprint density at radius 1 is 1.07 bits per heavy atom. The van der Waals surface area contributed by atoms with Gasteiger partial charge in [-0.1, -0.05) is 42.5 Å². The number of amides is 1. The number of aryl methyl sites for hydroxylation is 2. The number of nitrogens with zero attached hydrogens (tertiary/aromatic N) is 4. The van der Waals surface area contributed by atoms with Gasteiger partial charge in [-0.25, -0.2) is 9.97 Å². The van der Waals surface area contributed by atoms with Gasteiger partial charge in [-0.15, -0.1) is 0 Å². The molecule has 0 saturated carbocycles. The van der Waals surface area contributed by atoms with Crippen molar-refractivity contribution in [1.82, 2.24) is 19.8 Å². The summed E-state index contributed by atoms with van der Waals surface area (Å²) < 4.78 is 0. The molecule has 1 N–H and O–H groups in total. The second kappa shape index (κ2) is 9.99. The van der Waals surface area contributed by atoms with Gasteiger partial charge in [-0.2, -0.15) is 0 Å². The van der Waals surface area contributed by atoms with Crippen molar-refractivity contribution in [3.8, 4) is 0 Å². The van der Waals surface area contributed by atoms with Crippen molar-refractivity contribution in [1.29, 1.82) is 0 Å². The van der Waals surface area contributed by atoms with Gasteiger partial charge >= 0.3 is 0 Å². The van der Waals surface area contributed by atoms with Crippen LogP contribution in [0.2, 0.25) is 0 Å². The third kappa shape index (κ3) is 6.16. The molecule has 0 aliphatic carbocycles. The molecule has 2 aromatic rings. The molecular weight excluding hydrogens is 350 g/mol. The van der Waals surface area contributed by atoms with Crippen LogP contribution in [-0.2, 0) is 4.79 Å². The summed E-state index contributed by atoms with van der Waals surface area (Å²) in [6.45, 7) is 8.77. The lowest BCUT2D eigenvalue weighted by molar-refractivity contribution is -0.132. The van der Waals surface area contributed by atoms with E-state index in [-0.39, 0.29) is 5.91 Å². The fourth-order valence-electron chi connectivity index (χ4n) is 3.33. The maximum absolute atomic E-state index is 12.4. The second-order valence-corrected chi connectivity index (χ2v) is 7.15. The van der Waals surface area contributed by atoms with Crippen molar-refractivity contribution in [3.05, 3.63) is 59.4 Å². The molecule has 6 nitrogen and oxygen atoms in total. The van der Waals surface area contributed by atoms with Crippen molar-refractivity contribution in [3.63, 3.8) is 0 Å². The van der Waals surface area contributed by atoms with E-state index >= 15 is 0 Å². The van der Waals surface area contributed by atoms with E-state index in [0.717, 1.165) is 44.1 Å². The summed E-state index contributed by atoms with van der Waals surface area (Å²) in [5.74, 6) is 0.789. The van der Waals surface area contributed by atoms with Crippen LogP contribution in [0.25, 0.3) is 6.08 Å². The van der Waals surface area contributed by atoms with Crippen molar-refractivity contribution >= 4 is 17.9 Å². The minimum Gasteiger partial charge on any atom is -0.354 e. The number of hydrogen-bond donors (Lipinski definition) is 1. The number of carbonyl (C=O) groups excluding carboxylic acids is 1. The second-order valence-electron chi connectivity index (χ2n) is 7.15. The van der Waals surface area contributed by atoms with Crippen LogP contribution in [0.4, 0.5) is 5.95 Å². The summed E-state index contributed by atoms with van der Waals surface area (Å²) in [4.78, 5) is 25.5. The summed E-state index contributed by atoms with van der Waals surface area (Å²) >= 11 is 0. The summed E-state index contributed by atoms with van der Waals surface area (Å²) in [6.07, 6.45) is 4.81. The molecule has 2 heterocycles. The highest BCUT2D eigenvalue weighted by Crippen LogP contribution is 2.07. The number of hydrogen-bond acceptors (Lipinski definition) is 5. The van der Waals surface area contributed by atoms with E-state index in [1.54, 1.807) is 0 Å². The number of rotatable bonds is 7. The van der Waals surface area contributed by atoms with E-state index in [1.807, 2.05) is 43.0 Å². The molecule has 28 heavy (non-hydrogen) atoms. The Balaban J connectivity index is 1.36. The van der Waals surface area contributed by atoms with Crippen LogP contribution in [0.1, 0.15) is 23.4 Å². The first-order valence-electron chi connectivity index (χ1n) is 9.88. The van der Waals surface area contributed by atoms with E-state index in [2.05, 4.69) is 44.5 Å². The van der Waals surface area contributed by atoms with E-state index < -0.39 is 0 Å². The Morgan fingerprint density at radius 2 is 1.75 bits per heavy atom. The van der Waals surface area contributed by atoms with Crippen molar-refractivity contribution in [2.24, 2.45) is 0 Å². The van der Waals surface area contributed by atoms with Crippen molar-refractivity contribution in [2.75, 3.05) is 44.6 Å². The first-order chi connectivity index (χ1) is 13.6.